The van der Waals surface area contributed by atoms with Gasteiger partial charge >= 0.3 is 0 Å². The van der Waals surface area contributed by atoms with Crippen LogP contribution in [-0.2, 0) is 0 Å². The second-order valence-electron chi connectivity index (χ2n) is 4.50. The fourth-order valence-electron chi connectivity index (χ4n) is 1.99. The van der Waals surface area contributed by atoms with Gasteiger partial charge in [-0.15, -0.1) is 0 Å². The van der Waals surface area contributed by atoms with Crippen LogP contribution in [0, 0.1) is 0 Å². The number of nitrogens with zero attached hydrogens (tertiary/aromatic N) is 1. The summed E-state index contributed by atoms with van der Waals surface area (Å²) in [6.45, 7) is 0.250. The number of hydrogen-bond donors (Lipinski definition) is 2. The van der Waals surface area contributed by atoms with Crippen molar-refractivity contribution in [2.45, 2.75) is 6.04 Å². The first-order valence-corrected chi connectivity index (χ1v) is 6.26. The summed E-state index contributed by atoms with van der Waals surface area (Å²) < 4.78 is 10.8. The van der Waals surface area contributed by atoms with E-state index in [4.69, 9.17) is 15.0 Å². The maximum absolute atomic E-state index is 9.43. The van der Waals surface area contributed by atoms with Gasteiger partial charge in [0.2, 0.25) is 0 Å². The Hall–Kier alpha value is -2.53. The lowest BCUT2D eigenvalue weighted by molar-refractivity contribution is 0.264. The highest BCUT2D eigenvalue weighted by Gasteiger charge is 2.12. The molecule has 1 aromatic heterocycles. The molecule has 0 fully saturated rings. The van der Waals surface area contributed by atoms with Crippen LogP contribution in [0.1, 0.15) is 11.6 Å². The molecular weight excluding hydrogens is 256 g/mol. The number of rotatable bonds is 4. The van der Waals surface area contributed by atoms with Crippen molar-refractivity contribution in [1.29, 1.82) is 0 Å². The van der Waals surface area contributed by atoms with E-state index in [2.05, 4.69) is 5.16 Å². The second-order valence-corrected chi connectivity index (χ2v) is 4.50. The topological polar surface area (TPSA) is 81.5 Å². The Morgan fingerprint density at radius 3 is 2.90 bits per heavy atom. The fraction of sp³-hybridized carbons (Fsp3) is 0.133. The van der Waals surface area contributed by atoms with Gasteiger partial charge in [0.25, 0.3) is 5.88 Å². The van der Waals surface area contributed by atoms with Gasteiger partial charge in [-0.25, -0.2) is 0 Å². The molecule has 1 unspecified atom stereocenters. The monoisotopic (exact) mass is 270 g/mol. The van der Waals surface area contributed by atoms with Crippen molar-refractivity contribution in [3.05, 3.63) is 54.1 Å². The van der Waals surface area contributed by atoms with E-state index in [0.717, 1.165) is 10.9 Å². The minimum absolute atomic E-state index is 0.185. The quantitative estimate of drug-likeness (QED) is 0.761. The van der Waals surface area contributed by atoms with Crippen LogP contribution in [-0.4, -0.2) is 16.9 Å². The molecule has 0 spiro atoms. The normalized spacial score (nSPS) is 12.4. The maximum Gasteiger partial charge on any atom is 0.262 e. The molecule has 2 aromatic carbocycles. The van der Waals surface area contributed by atoms with Crippen molar-refractivity contribution in [1.82, 2.24) is 5.16 Å². The third-order valence-corrected chi connectivity index (χ3v) is 3.04. The van der Waals surface area contributed by atoms with Crippen LogP contribution in [0.15, 0.2) is 53.1 Å². The lowest BCUT2D eigenvalue weighted by atomic mass is 10.1. The van der Waals surface area contributed by atoms with Crippen LogP contribution in [0.25, 0.3) is 11.0 Å². The number of benzene rings is 2. The Bertz CT molecular complexity index is 724. The van der Waals surface area contributed by atoms with E-state index in [1.54, 1.807) is 18.2 Å². The predicted octanol–water partition coefficient (Wildman–Crippen LogP) is 2.61. The molecule has 0 bridgehead atoms. The fourth-order valence-corrected chi connectivity index (χ4v) is 1.99. The number of hydrogen-bond acceptors (Lipinski definition) is 5. The molecule has 102 valence electrons. The molecule has 3 rings (SSSR count). The first kappa shape index (κ1) is 12.5. The Balaban J connectivity index is 1.73. The van der Waals surface area contributed by atoms with E-state index in [1.807, 2.05) is 30.3 Å². The van der Waals surface area contributed by atoms with Gasteiger partial charge in [0.05, 0.1) is 11.4 Å². The van der Waals surface area contributed by atoms with E-state index >= 15 is 0 Å². The van der Waals surface area contributed by atoms with Crippen molar-refractivity contribution in [2.75, 3.05) is 6.61 Å². The van der Waals surface area contributed by atoms with Gasteiger partial charge in [0, 0.05) is 0 Å². The van der Waals surface area contributed by atoms with E-state index in [1.165, 1.54) is 0 Å². The third-order valence-electron chi connectivity index (χ3n) is 3.04. The summed E-state index contributed by atoms with van der Waals surface area (Å²) in [4.78, 5) is 0. The second kappa shape index (κ2) is 5.22. The average molecular weight is 270 g/mol. The summed E-state index contributed by atoms with van der Waals surface area (Å²) in [5, 5.41) is 14.1. The summed E-state index contributed by atoms with van der Waals surface area (Å²) >= 11 is 0. The van der Waals surface area contributed by atoms with Gasteiger partial charge in [0.15, 0.2) is 5.58 Å². The molecule has 0 radical (unpaired) electrons. The average Bonchev–Trinajstić information content (AvgIpc) is 2.88. The van der Waals surface area contributed by atoms with Gasteiger partial charge < -0.3 is 20.1 Å². The molecule has 3 aromatic rings. The first-order valence-electron chi connectivity index (χ1n) is 6.26. The van der Waals surface area contributed by atoms with Crippen LogP contribution < -0.4 is 10.5 Å². The molecule has 0 amide bonds. The van der Waals surface area contributed by atoms with Crippen molar-refractivity contribution in [2.24, 2.45) is 5.73 Å². The SMILES string of the molecule is NC(COc1noc2ccccc12)c1cccc(O)c1. The smallest absolute Gasteiger partial charge is 0.262 e. The number of aromatic nitrogens is 1. The highest BCUT2D eigenvalue weighted by atomic mass is 16.5. The van der Waals surface area contributed by atoms with Crippen molar-refractivity contribution >= 4 is 11.0 Å². The largest absolute Gasteiger partial charge is 0.508 e. The molecule has 3 N–H and O–H groups in total. The van der Waals surface area contributed by atoms with Crippen LogP contribution in [0.3, 0.4) is 0 Å². The number of nitrogens with two attached hydrogens (primary N) is 1. The van der Waals surface area contributed by atoms with Crippen molar-refractivity contribution < 1.29 is 14.4 Å². The number of fused-ring (bicyclic) bond motifs is 1. The Labute approximate surface area is 115 Å². The molecule has 0 aliphatic carbocycles. The zero-order valence-corrected chi connectivity index (χ0v) is 10.7. The van der Waals surface area contributed by atoms with Gasteiger partial charge in [-0.05, 0) is 35.0 Å². The van der Waals surface area contributed by atoms with Crippen LogP contribution in [0.2, 0.25) is 0 Å². The Morgan fingerprint density at radius 1 is 1.20 bits per heavy atom. The Kier molecular flexibility index (Phi) is 3.26. The minimum atomic E-state index is -0.349. The van der Waals surface area contributed by atoms with E-state index in [0.29, 0.717) is 11.5 Å². The maximum atomic E-state index is 9.43. The molecule has 0 aliphatic heterocycles. The molecule has 1 atom stereocenters. The molecule has 0 saturated heterocycles. The number of para-hydroxylation sites is 1. The van der Waals surface area contributed by atoms with Crippen LogP contribution >= 0.6 is 0 Å². The summed E-state index contributed by atoms with van der Waals surface area (Å²) in [6, 6.07) is 13.9. The van der Waals surface area contributed by atoms with E-state index in [9.17, 15) is 5.11 Å². The third kappa shape index (κ3) is 2.44. The lowest BCUT2D eigenvalue weighted by Gasteiger charge is -2.12. The molecule has 20 heavy (non-hydrogen) atoms. The number of phenolic OH excluding ortho intramolecular Hbond substituents is 1. The van der Waals surface area contributed by atoms with Gasteiger partial charge in [-0.1, -0.05) is 24.3 Å². The molecule has 5 nitrogen and oxygen atoms in total. The van der Waals surface area contributed by atoms with Crippen molar-refractivity contribution in [3.8, 4) is 11.6 Å². The molecule has 5 heteroatoms. The highest BCUT2D eigenvalue weighted by Crippen LogP contribution is 2.25. The standard InChI is InChI=1S/C15H14N2O3/c16-13(10-4-3-5-11(18)8-10)9-19-15-12-6-1-2-7-14(12)20-17-15/h1-8,13,18H,9,16H2. The number of aromatic hydroxyl groups is 1. The Morgan fingerprint density at radius 2 is 2.05 bits per heavy atom. The van der Waals surface area contributed by atoms with Crippen LogP contribution in [0.4, 0.5) is 0 Å². The van der Waals surface area contributed by atoms with Crippen molar-refractivity contribution in [3.63, 3.8) is 0 Å². The number of phenols is 1. The van der Waals surface area contributed by atoms with Crippen LogP contribution in [0.5, 0.6) is 11.6 Å². The predicted molar refractivity (Wildman–Crippen MR) is 74.5 cm³/mol. The lowest BCUT2D eigenvalue weighted by Crippen LogP contribution is -2.19. The van der Waals surface area contributed by atoms with E-state index < -0.39 is 0 Å². The number of ether oxygens (including phenoxy) is 1. The van der Waals surface area contributed by atoms with Gasteiger partial charge in [-0.2, -0.15) is 0 Å². The molecular formula is C15H14N2O3. The van der Waals surface area contributed by atoms with Gasteiger partial charge in [-0.3, -0.25) is 0 Å². The minimum Gasteiger partial charge on any atom is -0.508 e. The molecule has 0 aliphatic rings. The zero-order valence-electron chi connectivity index (χ0n) is 10.7. The zero-order chi connectivity index (χ0) is 13.9. The van der Waals surface area contributed by atoms with Gasteiger partial charge in [0.1, 0.15) is 12.4 Å². The van der Waals surface area contributed by atoms with E-state index in [-0.39, 0.29) is 18.4 Å². The summed E-state index contributed by atoms with van der Waals surface area (Å²) in [7, 11) is 0. The highest BCUT2D eigenvalue weighted by molar-refractivity contribution is 5.81. The first-order chi connectivity index (χ1) is 9.74. The molecule has 1 heterocycles. The summed E-state index contributed by atoms with van der Waals surface area (Å²) in [6.07, 6.45) is 0. The summed E-state index contributed by atoms with van der Waals surface area (Å²) in [5.74, 6) is 0.612. The summed E-state index contributed by atoms with van der Waals surface area (Å²) in [5.41, 5.74) is 7.51. The molecule has 0 saturated carbocycles.